The molecule has 1 saturated heterocycles. The maximum atomic E-state index is 13.0. The first kappa shape index (κ1) is 13.1. The summed E-state index contributed by atoms with van der Waals surface area (Å²) in [6.45, 7) is 2.10. The molecule has 2 unspecified atom stereocenters. The smallest absolute Gasteiger partial charge is 0.323 e. The lowest BCUT2D eigenvalue weighted by molar-refractivity contribution is -0.123. The Bertz CT molecular complexity index is 557. The summed E-state index contributed by atoms with van der Waals surface area (Å²) < 4.78 is 13.0. The van der Waals surface area contributed by atoms with Crippen molar-refractivity contribution in [3.8, 4) is 0 Å². The topological polar surface area (TPSA) is 49.4 Å². The van der Waals surface area contributed by atoms with Crippen LogP contribution in [0.4, 0.5) is 14.9 Å². The molecule has 1 spiro atoms. The second kappa shape index (κ2) is 4.58. The molecule has 5 heteroatoms. The molecule has 0 radical (unpaired) electrons. The summed E-state index contributed by atoms with van der Waals surface area (Å²) in [6, 6.07) is 5.01. The standard InChI is InChI=1S/C15H17FN2O2/c1-10-3-2-8-15(9-10)13(19)18(14(20)17-15)12-6-4-11(16)5-7-12/h4-7,10H,2-3,8-9H2,1H3,(H,17,20). The van der Waals surface area contributed by atoms with Gasteiger partial charge in [-0.1, -0.05) is 19.8 Å². The second-order valence-electron chi connectivity index (χ2n) is 5.83. The van der Waals surface area contributed by atoms with E-state index in [-0.39, 0.29) is 11.7 Å². The van der Waals surface area contributed by atoms with Gasteiger partial charge in [0.25, 0.3) is 5.91 Å². The number of nitrogens with one attached hydrogen (secondary N) is 1. The predicted molar refractivity (Wildman–Crippen MR) is 72.8 cm³/mol. The Morgan fingerprint density at radius 3 is 2.65 bits per heavy atom. The number of nitrogens with zero attached hydrogens (tertiary/aromatic N) is 1. The average Bonchev–Trinajstić information content (AvgIpc) is 2.62. The first-order valence-corrected chi connectivity index (χ1v) is 6.94. The van der Waals surface area contributed by atoms with Gasteiger partial charge in [-0.3, -0.25) is 4.79 Å². The van der Waals surface area contributed by atoms with Crippen molar-refractivity contribution in [1.29, 1.82) is 0 Å². The summed E-state index contributed by atoms with van der Waals surface area (Å²) in [6.07, 6.45) is 3.38. The normalized spacial score (nSPS) is 29.9. The van der Waals surface area contributed by atoms with Crippen molar-refractivity contribution >= 4 is 17.6 Å². The Balaban J connectivity index is 1.92. The molecular weight excluding hydrogens is 259 g/mol. The molecule has 4 nitrogen and oxygen atoms in total. The summed E-state index contributed by atoms with van der Waals surface area (Å²) in [4.78, 5) is 26.0. The summed E-state index contributed by atoms with van der Waals surface area (Å²) in [7, 11) is 0. The van der Waals surface area contributed by atoms with Gasteiger partial charge in [0.15, 0.2) is 0 Å². The molecule has 1 aliphatic heterocycles. The van der Waals surface area contributed by atoms with Crippen LogP contribution in [0, 0.1) is 11.7 Å². The van der Waals surface area contributed by atoms with E-state index in [0.29, 0.717) is 24.4 Å². The van der Waals surface area contributed by atoms with Gasteiger partial charge >= 0.3 is 6.03 Å². The van der Waals surface area contributed by atoms with Crippen LogP contribution >= 0.6 is 0 Å². The molecular formula is C15H17FN2O2. The van der Waals surface area contributed by atoms with Crippen LogP contribution in [0.2, 0.25) is 0 Å². The lowest BCUT2D eigenvalue weighted by Gasteiger charge is -2.34. The highest BCUT2D eigenvalue weighted by molar-refractivity contribution is 6.23. The van der Waals surface area contributed by atoms with E-state index in [1.165, 1.54) is 24.3 Å². The minimum atomic E-state index is -0.761. The molecule has 0 aromatic heterocycles. The Morgan fingerprint density at radius 2 is 2.00 bits per heavy atom. The van der Waals surface area contributed by atoms with Gasteiger partial charge in [-0.15, -0.1) is 0 Å². The van der Waals surface area contributed by atoms with Crippen LogP contribution in [0.3, 0.4) is 0 Å². The Hall–Kier alpha value is -1.91. The molecule has 3 amide bonds. The summed E-state index contributed by atoms with van der Waals surface area (Å²) in [5.41, 5.74) is -0.340. The lowest BCUT2D eigenvalue weighted by Crippen LogP contribution is -2.50. The van der Waals surface area contributed by atoms with E-state index in [0.717, 1.165) is 17.7 Å². The van der Waals surface area contributed by atoms with Crippen LogP contribution in [0.1, 0.15) is 32.6 Å². The Morgan fingerprint density at radius 1 is 1.30 bits per heavy atom. The molecule has 2 atom stereocenters. The fourth-order valence-corrected chi connectivity index (χ4v) is 3.30. The zero-order chi connectivity index (χ0) is 14.3. The fraction of sp³-hybridized carbons (Fsp3) is 0.467. The highest BCUT2D eigenvalue weighted by Gasteiger charge is 2.52. The maximum absolute atomic E-state index is 13.0. The number of benzene rings is 1. The predicted octanol–water partition coefficient (Wildman–Crippen LogP) is 2.83. The molecule has 20 heavy (non-hydrogen) atoms. The maximum Gasteiger partial charge on any atom is 0.329 e. The van der Waals surface area contributed by atoms with Crippen molar-refractivity contribution in [2.75, 3.05) is 4.90 Å². The quantitative estimate of drug-likeness (QED) is 0.802. The number of halogens is 1. The molecule has 2 aliphatic rings. The number of amides is 3. The van der Waals surface area contributed by atoms with Crippen LogP contribution < -0.4 is 10.2 Å². The summed E-state index contributed by atoms with van der Waals surface area (Å²) in [5.74, 6) is -0.177. The molecule has 3 rings (SSSR count). The third kappa shape index (κ3) is 1.97. The van der Waals surface area contributed by atoms with Gasteiger partial charge in [0.1, 0.15) is 11.4 Å². The Labute approximate surface area is 117 Å². The van der Waals surface area contributed by atoms with Crippen molar-refractivity contribution < 1.29 is 14.0 Å². The second-order valence-corrected chi connectivity index (χ2v) is 5.83. The van der Waals surface area contributed by atoms with E-state index in [2.05, 4.69) is 12.2 Å². The van der Waals surface area contributed by atoms with Crippen LogP contribution in [-0.4, -0.2) is 17.5 Å². The first-order chi connectivity index (χ1) is 9.52. The summed E-state index contributed by atoms with van der Waals surface area (Å²) in [5, 5.41) is 2.86. The summed E-state index contributed by atoms with van der Waals surface area (Å²) >= 11 is 0. The number of rotatable bonds is 1. The van der Waals surface area contributed by atoms with Crippen molar-refractivity contribution in [3.63, 3.8) is 0 Å². The largest absolute Gasteiger partial charge is 0.329 e. The molecule has 1 N–H and O–H groups in total. The molecule has 2 fully saturated rings. The van der Waals surface area contributed by atoms with Crippen molar-refractivity contribution in [2.24, 2.45) is 5.92 Å². The number of anilines is 1. The number of hydrogen-bond donors (Lipinski definition) is 1. The molecule has 106 valence electrons. The molecule has 1 aromatic rings. The van der Waals surface area contributed by atoms with Crippen LogP contribution in [-0.2, 0) is 4.79 Å². The molecule has 1 aliphatic carbocycles. The minimum absolute atomic E-state index is 0.208. The van der Waals surface area contributed by atoms with Gasteiger partial charge in [-0.2, -0.15) is 0 Å². The molecule has 0 bridgehead atoms. The van der Waals surface area contributed by atoms with E-state index >= 15 is 0 Å². The van der Waals surface area contributed by atoms with Crippen molar-refractivity contribution in [2.45, 2.75) is 38.1 Å². The number of urea groups is 1. The van der Waals surface area contributed by atoms with E-state index < -0.39 is 11.6 Å². The van der Waals surface area contributed by atoms with E-state index in [1.54, 1.807) is 0 Å². The zero-order valence-electron chi connectivity index (χ0n) is 11.4. The molecule has 1 aromatic carbocycles. The van der Waals surface area contributed by atoms with Gasteiger partial charge in [-0.05, 0) is 43.0 Å². The fourth-order valence-electron chi connectivity index (χ4n) is 3.30. The number of hydrogen-bond acceptors (Lipinski definition) is 2. The van der Waals surface area contributed by atoms with Crippen LogP contribution in [0.25, 0.3) is 0 Å². The number of carbonyl (C=O) groups is 2. The highest BCUT2D eigenvalue weighted by atomic mass is 19.1. The van der Waals surface area contributed by atoms with Crippen LogP contribution in [0.15, 0.2) is 24.3 Å². The number of imide groups is 1. The third-order valence-corrected chi connectivity index (χ3v) is 4.24. The highest BCUT2D eigenvalue weighted by Crippen LogP contribution is 2.38. The average molecular weight is 276 g/mol. The first-order valence-electron chi connectivity index (χ1n) is 6.94. The van der Waals surface area contributed by atoms with Crippen molar-refractivity contribution in [3.05, 3.63) is 30.1 Å². The molecule has 1 saturated carbocycles. The van der Waals surface area contributed by atoms with E-state index in [9.17, 15) is 14.0 Å². The van der Waals surface area contributed by atoms with Gasteiger partial charge in [0.2, 0.25) is 0 Å². The lowest BCUT2D eigenvalue weighted by atomic mass is 9.76. The SMILES string of the molecule is CC1CCCC2(C1)NC(=O)N(c1ccc(F)cc1)C2=O. The van der Waals surface area contributed by atoms with Gasteiger partial charge in [-0.25, -0.2) is 14.1 Å². The van der Waals surface area contributed by atoms with Gasteiger partial charge in [0, 0.05) is 0 Å². The Kier molecular flexibility index (Phi) is 3.00. The minimum Gasteiger partial charge on any atom is -0.323 e. The zero-order valence-corrected chi connectivity index (χ0v) is 11.4. The third-order valence-electron chi connectivity index (χ3n) is 4.24. The van der Waals surface area contributed by atoms with Gasteiger partial charge in [0.05, 0.1) is 5.69 Å². The van der Waals surface area contributed by atoms with Crippen molar-refractivity contribution in [1.82, 2.24) is 5.32 Å². The van der Waals surface area contributed by atoms with Crippen LogP contribution in [0.5, 0.6) is 0 Å². The van der Waals surface area contributed by atoms with E-state index in [1.807, 2.05) is 0 Å². The number of carbonyl (C=O) groups excluding carboxylic acids is 2. The van der Waals surface area contributed by atoms with Gasteiger partial charge < -0.3 is 5.32 Å². The van der Waals surface area contributed by atoms with E-state index in [4.69, 9.17) is 0 Å². The monoisotopic (exact) mass is 276 g/mol. The molecule has 1 heterocycles.